The van der Waals surface area contributed by atoms with Crippen LogP contribution in [-0.2, 0) is 0 Å². The number of aromatic nitrogens is 2. The largest absolute Gasteiger partial charge is 0.497 e. The molecule has 0 atom stereocenters. The number of amides is 2. The van der Waals surface area contributed by atoms with Crippen molar-refractivity contribution in [1.29, 1.82) is 0 Å². The molecular weight excluding hydrogens is 320 g/mol. The SMILES string of the molecule is COc1cccc(-c2ccc3c(NC(=O)NCCCO)n[nH]c3c2)c1. The van der Waals surface area contributed by atoms with E-state index in [1.807, 2.05) is 42.5 Å². The van der Waals surface area contributed by atoms with E-state index in [2.05, 4.69) is 20.8 Å². The van der Waals surface area contributed by atoms with Crippen LogP contribution in [0.3, 0.4) is 0 Å². The van der Waals surface area contributed by atoms with Gasteiger partial charge in [-0.05, 0) is 41.8 Å². The summed E-state index contributed by atoms with van der Waals surface area (Å²) in [6.45, 7) is 0.448. The molecule has 2 amide bonds. The van der Waals surface area contributed by atoms with E-state index < -0.39 is 0 Å². The Morgan fingerprint density at radius 2 is 2.08 bits per heavy atom. The minimum absolute atomic E-state index is 0.0403. The Morgan fingerprint density at radius 1 is 1.24 bits per heavy atom. The van der Waals surface area contributed by atoms with Crippen LogP contribution < -0.4 is 15.4 Å². The van der Waals surface area contributed by atoms with E-state index in [-0.39, 0.29) is 12.6 Å². The standard InChI is InChI=1S/C18H20N4O3/c1-25-14-5-2-4-12(10-14)13-6-7-15-16(11-13)21-22-17(15)20-18(24)19-8-3-9-23/h2,4-7,10-11,23H,3,8-9H2,1H3,(H3,19,20,21,22,24). The zero-order valence-electron chi connectivity index (χ0n) is 13.9. The number of carbonyl (C=O) groups is 1. The van der Waals surface area contributed by atoms with Gasteiger partial charge in [-0.2, -0.15) is 5.10 Å². The van der Waals surface area contributed by atoms with Crippen molar-refractivity contribution >= 4 is 22.8 Å². The topological polar surface area (TPSA) is 99.3 Å². The fourth-order valence-corrected chi connectivity index (χ4v) is 2.53. The summed E-state index contributed by atoms with van der Waals surface area (Å²) >= 11 is 0. The highest BCUT2D eigenvalue weighted by atomic mass is 16.5. The predicted molar refractivity (Wildman–Crippen MR) is 96.8 cm³/mol. The molecule has 0 aliphatic rings. The van der Waals surface area contributed by atoms with Gasteiger partial charge >= 0.3 is 6.03 Å². The Bertz CT molecular complexity index is 876. The predicted octanol–water partition coefficient (Wildman–Crippen LogP) is 2.74. The monoisotopic (exact) mass is 340 g/mol. The van der Waals surface area contributed by atoms with Crippen LogP contribution in [0.15, 0.2) is 42.5 Å². The first-order valence-corrected chi connectivity index (χ1v) is 7.99. The fraction of sp³-hybridized carbons (Fsp3) is 0.222. The summed E-state index contributed by atoms with van der Waals surface area (Å²) in [5.74, 6) is 1.26. The lowest BCUT2D eigenvalue weighted by Gasteiger charge is -2.06. The summed E-state index contributed by atoms with van der Waals surface area (Å²) in [5, 5.41) is 22.0. The van der Waals surface area contributed by atoms with E-state index in [1.54, 1.807) is 7.11 Å². The molecule has 0 spiro atoms. The highest BCUT2D eigenvalue weighted by molar-refractivity contribution is 6.00. The number of methoxy groups -OCH3 is 1. The van der Waals surface area contributed by atoms with Crippen LogP contribution in [0.5, 0.6) is 5.75 Å². The van der Waals surface area contributed by atoms with Crippen molar-refractivity contribution in [3.8, 4) is 16.9 Å². The lowest BCUT2D eigenvalue weighted by atomic mass is 10.0. The zero-order chi connectivity index (χ0) is 17.6. The van der Waals surface area contributed by atoms with Crippen LogP contribution in [0.4, 0.5) is 10.6 Å². The van der Waals surface area contributed by atoms with Crippen molar-refractivity contribution in [2.45, 2.75) is 6.42 Å². The van der Waals surface area contributed by atoms with Gasteiger partial charge in [0.05, 0.1) is 12.6 Å². The van der Waals surface area contributed by atoms with Crippen LogP contribution in [0.2, 0.25) is 0 Å². The van der Waals surface area contributed by atoms with Gasteiger partial charge in [0.2, 0.25) is 0 Å². The maximum atomic E-state index is 11.8. The first-order chi connectivity index (χ1) is 12.2. The van der Waals surface area contributed by atoms with Crippen molar-refractivity contribution in [1.82, 2.24) is 15.5 Å². The Morgan fingerprint density at radius 3 is 2.88 bits per heavy atom. The molecule has 3 rings (SSSR count). The third-order valence-electron chi connectivity index (χ3n) is 3.82. The van der Waals surface area contributed by atoms with Gasteiger partial charge in [-0.3, -0.25) is 10.4 Å². The number of hydrogen-bond donors (Lipinski definition) is 4. The molecule has 0 aliphatic heterocycles. The van der Waals surface area contributed by atoms with Gasteiger partial charge in [0.1, 0.15) is 5.75 Å². The van der Waals surface area contributed by atoms with Crippen LogP contribution >= 0.6 is 0 Å². The van der Waals surface area contributed by atoms with E-state index in [9.17, 15) is 4.79 Å². The second-order valence-corrected chi connectivity index (χ2v) is 5.52. The molecule has 0 aliphatic carbocycles. The second-order valence-electron chi connectivity index (χ2n) is 5.52. The first kappa shape index (κ1) is 16.8. The van der Waals surface area contributed by atoms with E-state index in [0.29, 0.717) is 18.8 Å². The molecule has 0 saturated heterocycles. The number of H-pyrrole nitrogens is 1. The van der Waals surface area contributed by atoms with Crippen LogP contribution in [0.25, 0.3) is 22.0 Å². The van der Waals surface area contributed by atoms with E-state index in [4.69, 9.17) is 9.84 Å². The molecule has 0 fully saturated rings. The summed E-state index contributed by atoms with van der Waals surface area (Å²) in [6.07, 6.45) is 0.513. The van der Waals surface area contributed by atoms with Gasteiger partial charge in [-0.25, -0.2) is 4.79 Å². The number of anilines is 1. The number of aliphatic hydroxyl groups is 1. The maximum Gasteiger partial charge on any atom is 0.320 e. The van der Waals surface area contributed by atoms with Gasteiger partial charge in [0, 0.05) is 18.5 Å². The Kier molecular flexibility index (Phi) is 5.15. The number of rotatable bonds is 6. The Balaban J connectivity index is 1.80. The number of fused-ring (bicyclic) bond motifs is 1. The molecule has 130 valence electrons. The van der Waals surface area contributed by atoms with Crippen molar-refractivity contribution in [3.05, 3.63) is 42.5 Å². The van der Waals surface area contributed by atoms with Gasteiger partial charge in [-0.15, -0.1) is 0 Å². The van der Waals surface area contributed by atoms with Gasteiger partial charge < -0.3 is 15.2 Å². The number of nitrogens with zero attached hydrogens (tertiary/aromatic N) is 1. The summed E-state index contributed by atoms with van der Waals surface area (Å²) < 4.78 is 5.26. The van der Waals surface area contributed by atoms with Crippen molar-refractivity contribution < 1.29 is 14.6 Å². The number of ether oxygens (including phenoxy) is 1. The smallest absolute Gasteiger partial charge is 0.320 e. The molecule has 0 bridgehead atoms. The summed E-state index contributed by atoms with van der Waals surface area (Å²) in [7, 11) is 1.64. The summed E-state index contributed by atoms with van der Waals surface area (Å²) in [4.78, 5) is 11.8. The molecule has 7 heteroatoms. The third-order valence-corrected chi connectivity index (χ3v) is 3.82. The molecule has 0 unspecified atom stereocenters. The second kappa shape index (κ2) is 7.67. The average molecular weight is 340 g/mol. The number of aromatic amines is 1. The molecule has 7 nitrogen and oxygen atoms in total. The molecular formula is C18H20N4O3. The van der Waals surface area contributed by atoms with E-state index in [1.165, 1.54) is 0 Å². The normalized spacial score (nSPS) is 10.6. The fourth-order valence-electron chi connectivity index (χ4n) is 2.53. The van der Waals surface area contributed by atoms with Crippen LogP contribution in [0.1, 0.15) is 6.42 Å². The lowest BCUT2D eigenvalue weighted by molar-refractivity contribution is 0.249. The minimum Gasteiger partial charge on any atom is -0.497 e. The zero-order valence-corrected chi connectivity index (χ0v) is 13.9. The maximum absolute atomic E-state index is 11.8. The Labute approximate surface area is 145 Å². The molecule has 1 heterocycles. The molecule has 0 saturated carbocycles. The summed E-state index contributed by atoms with van der Waals surface area (Å²) in [5.41, 5.74) is 2.88. The van der Waals surface area contributed by atoms with E-state index in [0.717, 1.165) is 27.8 Å². The molecule has 4 N–H and O–H groups in total. The first-order valence-electron chi connectivity index (χ1n) is 7.99. The molecule has 25 heavy (non-hydrogen) atoms. The van der Waals surface area contributed by atoms with Crippen molar-refractivity contribution in [3.63, 3.8) is 0 Å². The number of nitrogens with one attached hydrogen (secondary N) is 3. The number of hydrogen-bond acceptors (Lipinski definition) is 4. The highest BCUT2D eigenvalue weighted by Gasteiger charge is 2.10. The van der Waals surface area contributed by atoms with Crippen molar-refractivity contribution in [2.75, 3.05) is 25.6 Å². The lowest BCUT2D eigenvalue weighted by Crippen LogP contribution is -2.30. The minimum atomic E-state index is -0.348. The van der Waals surface area contributed by atoms with Gasteiger partial charge in [-0.1, -0.05) is 18.2 Å². The van der Waals surface area contributed by atoms with Crippen LogP contribution in [0, 0.1) is 0 Å². The third kappa shape index (κ3) is 3.89. The molecule has 1 aromatic heterocycles. The van der Waals surface area contributed by atoms with Crippen LogP contribution in [-0.4, -0.2) is 41.6 Å². The van der Waals surface area contributed by atoms with Gasteiger partial charge in [0.15, 0.2) is 5.82 Å². The average Bonchev–Trinajstić information content (AvgIpc) is 3.04. The highest BCUT2D eigenvalue weighted by Crippen LogP contribution is 2.28. The molecule has 0 radical (unpaired) electrons. The number of carbonyl (C=O) groups excluding carboxylic acids is 1. The quantitative estimate of drug-likeness (QED) is 0.519. The van der Waals surface area contributed by atoms with Crippen molar-refractivity contribution in [2.24, 2.45) is 0 Å². The number of benzene rings is 2. The summed E-state index contributed by atoms with van der Waals surface area (Å²) in [6, 6.07) is 13.3. The Hall–Kier alpha value is -3.06. The number of urea groups is 1. The van der Waals surface area contributed by atoms with E-state index >= 15 is 0 Å². The molecule has 2 aromatic carbocycles. The number of aliphatic hydroxyl groups excluding tert-OH is 1. The molecule has 3 aromatic rings. The van der Waals surface area contributed by atoms with Gasteiger partial charge in [0.25, 0.3) is 0 Å².